The van der Waals surface area contributed by atoms with Crippen molar-refractivity contribution in [1.82, 2.24) is 14.9 Å². The predicted molar refractivity (Wildman–Crippen MR) is 106 cm³/mol. The lowest BCUT2D eigenvalue weighted by atomic mass is 10.0. The van der Waals surface area contributed by atoms with Crippen molar-refractivity contribution in [3.05, 3.63) is 78.4 Å². The average Bonchev–Trinajstić information content (AvgIpc) is 3.25. The molecule has 0 spiro atoms. The minimum absolute atomic E-state index is 0.00537. The predicted octanol–water partition coefficient (Wildman–Crippen LogP) is 3.61. The molecule has 132 valence electrons. The fourth-order valence-corrected chi connectivity index (χ4v) is 3.80. The van der Waals surface area contributed by atoms with Crippen LogP contribution in [0.5, 0.6) is 5.75 Å². The second-order valence-corrected chi connectivity index (χ2v) is 6.63. The Labute approximate surface area is 158 Å². The van der Waals surface area contributed by atoms with E-state index >= 15 is 0 Å². The summed E-state index contributed by atoms with van der Waals surface area (Å²) in [5.74, 6) is 0.823. The SMILES string of the molecule is COc1ccc(N2C(=S)N[C@H](c3ccccn3)[C@@H]2c2cccn2C)cc1. The van der Waals surface area contributed by atoms with Crippen molar-refractivity contribution >= 4 is 23.0 Å². The summed E-state index contributed by atoms with van der Waals surface area (Å²) in [6.45, 7) is 0. The van der Waals surface area contributed by atoms with Crippen LogP contribution in [-0.4, -0.2) is 21.8 Å². The molecule has 0 aliphatic carbocycles. The Morgan fingerprint density at radius 2 is 1.88 bits per heavy atom. The summed E-state index contributed by atoms with van der Waals surface area (Å²) in [7, 11) is 3.72. The Balaban J connectivity index is 1.81. The van der Waals surface area contributed by atoms with Gasteiger partial charge in [0.15, 0.2) is 5.11 Å². The highest BCUT2D eigenvalue weighted by atomic mass is 32.1. The molecule has 1 aliphatic heterocycles. The Morgan fingerprint density at radius 1 is 1.08 bits per heavy atom. The molecule has 1 aliphatic rings. The van der Waals surface area contributed by atoms with Crippen molar-refractivity contribution in [3.63, 3.8) is 0 Å². The summed E-state index contributed by atoms with van der Waals surface area (Å²) in [5.41, 5.74) is 3.16. The smallest absolute Gasteiger partial charge is 0.174 e. The fourth-order valence-electron chi connectivity index (χ4n) is 3.46. The number of nitrogens with one attached hydrogen (secondary N) is 1. The first-order chi connectivity index (χ1) is 12.7. The molecule has 2 atom stereocenters. The van der Waals surface area contributed by atoms with Crippen LogP contribution in [0.4, 0.5) is 5.69 Å². The zero-order chi connectivity index (χ0) is 18.1. The van der Waals surface area contributed by atoms with Gasteiger partial charge in [0.05, 0.1) is 18.8 Å². The normalized spacial score (nSPS) is 19.5. The molecule has 0 amide bonds. The van der Waals surface area contributed by atoms with Crippen molar-refractivity contribution in [2.75, 3.05) is 12.0 Å². The number of hydrogen-bond acceptors (Lipinski definition) is 3. The van der Waals surface area contributed by atoms with Crippen molar-refractivity contribution < 1.29 is 4.74 Å². The van der Waals surface area contributed by atoms with Crippen LogP contribution in [0, 0.1) is 0 Å². The maximum absolute atomic E-state index is 5.70. The lowest BCUT2D eigenvalue weighted by Crippen LogP contribution is -2.30. The van der Waals surface area contributed by atoms with E-state index in [9.17, 15) is 0 Å². The molecule has 1 fully saturated rings. The lowest BCUT2D eigenvalue weighted by Gasteiger charge is -2.28. The van der Waals surface area contributed by atoms with E-state index in [4.69, 9.17) is 17.0 Å². The first kappa shape index (κ1) is 16.6. The zero-order valence-corrected chi connectivity index (χ0v) is 15.5. The van der Waals surface area contributed by atoms with E-state index in [1.165, 1.54) is 5.69 Å². The van der Waals surface area contributed by atoms with E-state index in [0.29, 0.717) is 5.11 Å². The second kappa shape index (κ2) is 6.80. The molecule has 1 aromatic carbocycles. The molecule has 0 radical (unpaired) electrons. The zero-order valence-electron chi connectivity index (χ0n) is 14.7. The number of pyridine rings is 1. The molecule has 6 heteroatoms. The van der Waals surface area contributed by atoms with Crippen LogP contribution in [0.3, 0.4) is 0 Å². The molecule has 3 aromatic rings. The molecule has 0 unspecified atom stereocenters. The number of nitrogens with zero attached hydrogens (tertiary/aromatic N) is 3. The van der Waals surface area contributed by atoms with E-state index in [1.807, 2.05) is 48.7 Å². The molecular formula is C20H20N4OS. The van der Waals surface area contributed by atoms with Crippen LogP contribution in [-0.2, 0) is 7.05 Å². The van der Waals surface area contributed by atoms with E-state index in [2.05, 4.69) is 45.1 Å². The number of benzene rings is 1. The van der Waals surface area contributed by atoms with Gasteiger partial charge in [-0.05, 0) is 60.7 Å². The van der Waals surface area contributed by atoms with Crippen LogP contribution in [0.25, 0.3) is 0 Å². The minimum atomic E-state index is -0.0283. The fraction of sp³-hybridized carbons (Fsp3) is 0.200. The Morgan fingerprint density at radius 3 is 2.50 bits per heavy atom. The van der Waals surface area contributed by atoms with Gasteiger partial charge >= 0.3 is 0 Å². The molecule has 5 nitrogen and oxygen atoms in total. The van der Waals surface area contributed by atoms with E-state index in [1.54, 1.807) is 7.11 Å². The molecule has 26 heavy (non-hydrogen) atoms. The number of rotatable bonds is 4. The van der Waals surface area contributed by atoms with Gasteiger partial charge < -0.3 is 19.5 Å². The highest BCUT2D eigenvalue weighted by molar-refractivity contribution is 7.80. The van der Waals surface area contributed by atoms with Crippen LogP contribution >= 0.6 is 12.2 Å². The molecule has 1 N–H and O–H groups in total. The third-order valence-electron chi connectivity index (χ3n) is 4.74. The number of hydrogen-bond donors (Lipinski definition) is 1. The van der Waals surface area contributed by atoms with Crippen LogP contribution < -0.4 is 15.0 Å². The maximum Gasteiger partial charge on any atom is 0.174 e. The summed E-state index contributed by atoms with van der Waals surface area (Å²) >= 11 is 5.70. The molecule has 3 heterocycles. The van der Waals surface area contributed by atoms with Gasteiger partial charge in [0.25, 0.3) is 0 Å². The largest absolute Gasteiger partial charge is 0.497 e. The average molecular weight is 364 g/mol. The Hall–Kier alpha value is -2.86. The molecule has 1 saturated heterocycles. The van der Waals surface area contributed by atoms with Crippen molar-refractivity contribution in [2.45, 2.75) is 12.1 Å². The van der Waals surface area contributed by atoms with Gasteiger partial charge in [-0.3, -0.25) is 4.98 Å². The summed E-state index contributed by atoms with van der Waals surface area (Å²) in [6.07, 6.45) is 3.87. The first-order valence-electron chi connectivity index (χ1n) is 8.45. The third kappa shape index (κ3) is 2.82. The van der Waals surface area contributed by atoms with Gasteiger partial charge in [0.2, 0.25) is 0 Å². The number of aryl methyl sites for hydroxylation is 1. The number of methoxy groups -OCH3 is 1. The third-order valence-corrected chi connectivity index (χ3v) is 5.05. The number of anilines is 1. The summed E-state index contributed by atoms with van der Waals surface area (Å²) in [6, 6.07) is 18.1. The van der Waals surface area contributed by atoms with E-state index in [0.717, 1.165) is 17.1 Å². The van der Waals surface area contributed by atoms with Crippen molar-refractivity contribution in [1.29, 1.82) is 0 Å². The summed E-state index contributed by atoms with van der Waals surface area (Å²) in [4.78, 5) is 6.72. The highest BCUT2D eigenvalue weighted by Gasteiger charge is 2.41. The van der Waals surface area contributed by atoms with Crippen LogP contribution in [0.2, 0.25) is 0 Å². The number of ether oxygens (including phenoxy) is 1. The van der Waals surface area contributed by atoms with Gasteiger partial charge in [-0.25, -0.2) is 0 Å². The van der Waals surface area contributed by atoms with Gasteiger partial charge in [-0.1, -0.05) is 6.07 Å². The second-order valence-electron chi connectivity index (χ2n) is 6.24. The lowest BCUT2D eigenvalue weighted by molar-refractivity contribution is 0.415. The van der Waals surface area contributed by atoms with Gasteiger partial charge in [-0.15, -0.1) is 0 Å². The molecule has 0 bridgehead atoms. The monoisotopic (exact) mass is 364 g/mol. The van der Waals surface area contributed by atoms with E-state index in [-0.39, 0.29) is 12.1 Å². The van der Waals surface area contributed by atoms with Gasteiger partial charge in [-0.2, -0.15) is 0 Å². The van der Waals surface area contributed by atoms with Crippen molar-refractivity contribution in [2.24, 2.45) is 7.05 Å². The van der Waals surface area contributed by atoms with Gasteiger partial charge in [0, 0.05) is 30.8 Å². The summed E-state index contributed by atoms with van der Waals surface area (Å²) < 4.78 is 7.42. The molecule has 2 aromatic heterocycles. The Kier molecular flexibility index (Phi) is 4.34. The van der Waals surface area contributed by atoms with Crippen molar-refractivity contribution in [3.8, 4) is 5.75 Å². The standard InChI is InChI=1S/C20H20N4OS/c1-23-13-5-7-17(23)19-18(16-6-3-4-12-21-16)22-20(26)24(19)14-8-10-15(25-2)11-9-14/h3-13,18-19H,1-2H3,(H,22,26)/t18-,19+/m1/s1. The van der Waals surface area contributed by atoms with Crippen LogP contribution in [0.15, 0.2) is 67.0 Å². The molecule has 0 saturated carbocycles. The van der Waals surface area contributed by atoms with E-state index < -0.39 is 0 Å². The summed E-state index contributed by atoms with van der Waals surface area (Å²) in [5, 5.41) is 4.15. The van der Waals surface area contributed by atoms with Gasteiger partial charge in [0.1, 0.15) is 11.8 Å². The first-order valence-corrected chi connectivity index (χ1v) is 8.86. The maximum atomic E-state index is 5.70. The quantitative estimate of drug-likeness (QED) is 0.717. The number of thiocarbonyl (C=S) groups is 1. The number of aromatic nitrogens is 2. The molecule has 4 rings (SSSR count). The molecular weight excluding hydrogens is 344 g/mol. The highest BCUT2D eigenvalue weighted by Crippen LogP contribution is 2.41. The van der Waals surface area contributed by atoms with Crippen LogP contribution in [0.1, 0.15) is 23.5 Å². The topological polar surface area (TPSA) is 42.3 Å². The minimum Gasteiger partial charge on any atom is -0.497 e. The Bertz CT molecular complexity index is 907.